The van der Waals surface area contributed by atoms with Crippen LogP contribution < -0.4 is 5.32 Å². The Bertz CT molecular complexity index is 599. The predicted octanol–water partition coefficient (Wildman–Crippen LogP) is 3.69. The molecule has 1 unspecified atom stereocenters. The highest BCUT2D eigenvalue weighted by atomic mass is 35.5. The largest absolute Gasteiger partial charge is 0.319 e. The topological polar surface area (TPSA) is 49.4 Å². The fraction of sp³-hybridized carbons (Fsp3) is 0.538. The molecule has 0 aliphatic carbocycles. The molecule has 1 saturated heterocycles. The van der Waals surface area contributed by atoms with Crippen LogP contribution in [0.4, 0.5) is 0 Å². The summed E-state index contributed by atoms with van der Waals surface area (Å²) in [6, 6.07) is 2.80. The minimum Gasteiger partial charge on any atom is -0.319 e. The van der Waals surface area contributed by atoms with Crippen molar-refractivity contribution in [3.63, 3.8) is 0 Å². The number of nitrogens with zero attached hydrogens (tertiary/aromatic N) is 1. The van der Waals surface area contributed by atoms with Gasteiger partial charge in [0.05, 0.1) is 10.0 Å². The third kappa shape index (κ3) is 4.41. The molecular weight excluding hydrogens is 390 g/mol. The van der Waals surface area contributed by atoms with Gasteiger partial charge in [-0.2, -0.15) is 4.31 Å². The molecule has 0 saturated carbocycles. The van der Waals surface area contributed by atoms with E-state index in [1.54, 1.807) is 0 Å². The summed E-state index contributed by atoms with van der Waals surface area (Å²) < 4.78 is 27.0. The van der Waals surface area contributed by atoms with Crippen molar-refractivity contribution in [2.45, 2.75) is 17.7 Å². The number of piperidine rings is 1. The molecule has 1 heterocycles. The summed E-state index contributed by atoms with van der Waals surface area (Å²) in [7, 11) is -1.85. The molecule has 2 rings (SSSR count). The molecule has 126 valence electrons. The first kappa shape index (κ1) is 20.3. The summed E-state index contributed by atoms with van der Waals surface area (Å²) in [4.78, 5) is -0.0552. The Kier molecular flexibility index (Phi) is 7.73. The van der Waals surface area contributed by atoms with Gasteiger partial charge in [0.15, 0.2) is 0 Å². The van der Waals surface area contributed by atoms with Gasteiger partial charge in [-0.05, 0) is 44.5 Å². The van der Waals surface area contributed by atoms with Crippen molar-refractivity contribution in [1.29, 1.82) is 0 Å². The molecule has 0 amide bonds. The van der Waals surface area contributed by atoms with Gasteiger partial charge in [0.1, 0.15) is 4.90 Å². The van der Waals surface area contributed by atoms with Crippen molar-refractivity contribution in [2.24, 2.45) is 5.92 Å². The standard InChI is InChI=1S/C13H17Cl3N2O2S.ClH/c1-17-7-9-3-2-4-18(8-9)21(19,20)13-11(15)5-10(14)6-12(13)16;/h5-6,9,17H,2-4,7-8H2,1H3;1H. The van der Waals surface area contributed by atoms with Crippen LogP contribution in [0.3, 0.4) is 0 Å². The molecule has 1 atom stereocenters. The van der Waals surface area contributed by atoms with Crippen molar-refractivity contribution in [3.05, 3.63) is 27.2 Å². The van der Waals surface area contributed by atoms with Gasteiger partial charge >= 0.3 is 0 Å². The fourth-order valence-corrected chi connectivity index (χ4v) is 5.65. The Morgan fingerprint density at radius 1 is 1.27 bits per heavy atom. The second-order valence-electron chi connectivity index (χ2n) is 5.13. The maximum Gasteiger partial charge on any atom is 0.246 e. The second-order valence-corrected chi connectivity index (χ2v) is 8.25. The summed E-state index contributed by atoms with van der Waals surface area (Å²) in [5.41, 5.74) is 0. The van der Waals surface area contributed by atoms with E-state index in [9.17, 15) is 8.42 Å². The molecule has 0 radical (unpaired) electrons. The lowest BCUT2D eigenvalue weighted by Gasteiger charge is -2.32. The van der Waals surface area contributed by atoms with Crippen LogP contribution in [-0.4, -0.2) is 39.4 Å². The van der Waals surface area contributed by atoms with Gasteiger partial charge in [0.2, 0.25) is 10.0 Å². The fourth-order valence-electron chi connectivity index (χ4n) is 2.60. The summed E-state index contributed by atoms with van der Waals surface area (Å²) >= 11 is 17.9. The summed E-state index contributed by atoms with van der Waals surface area (Å²) in [5, 5.41) is 3.52. The third-order valence-electron chi connectivity index (χ3n) is 3.54. The maximum atomic E-state index is 12.8. The Labute approximate surface area is 152 Å². The number of sulfonamides is 1. The van der Waals surface area contributed by atoms with E-state index in [1.165, 1.54) is 16.4 Å². The van der Waals surface area contributed by atoms with Crippen LogP contribution >= 0.6 is 47.2 Å². The second kappa shape index (κ2) is 8.38. The van der Waals surface area contributed by atoms with Crippen LogP contribution in [0.2, 0.25) is 15.1 Å². The molecule has 0 spiro atoms. The maximum absolute atomic E-state index is 12.8. The lowest BCUT2D eigenvalue weighted by atomic mass is 10.00. The van der Waals surface area contributed by atoms with Crippen LogP contribution in [0.15, 0.2) is 17.0 Å². The van der Waals surface area contributed by atoms with Crippen LogP contribution in [0.25, 0.3) is 0 Å². The van der Waals surface area contributed by atoms with Crippen molar-refractivity contribution >= 4 is 57.2 Å². The lowest BCUT2D eigenvalue weighted by Crippen LogP contribution is -2.42. The van der Waals surface area contributed by atoms with E-state index in [1.807, 2.05) is 7.05 Å². The van der Waals surface area contributed by atoms with Crippen LogP contribution in [0.5, 0.6) is 0 Å². The predicted molar refractivity (Wildman–Crippen MR) is 94.1 cm³/mol. The number of nitrogens with one attached hydrogen (secondary N) is 1. The Hall–Kier alpha value is 0.250. The minimum absolute atomic E-state index is 0. The average molecular weight is 408 g/mol. The van der Waals surface area contributed by atoms with E-state index in [-0.39, 0.29) is 27.3 Å². The minimum atomic E-state index is -3.71. The molecule has 1 aliphatic rings. The third-order valence-corrected chi connectivity index (χ3v) is 6.54. The highest BCUT2D eigenvalue weighted by Crippen LogP contribution is 2.35. The molecule has 22 heavy (non-hydrogen) atoms. The zero-order valence-corrected chi connectivity index (χ0v) is 15.9. The Balaban J connectivity index is 0.00000242. The van der Waals surface area contributed by atoms with Crippen molar-refractivity contribution in [3.8, 4) is 0 Å². The van der Waals surface area contributed by atoms with Crippen molar-refractivity contribution < 1.29 is 8.42 Å². The van der Waals surface area contributed by atoms with Crippen molar-refractivity contribution in [2.75, 3.05) is 26.7 Å². The van der Waals surface area contributed by atoms with Crippen LogP contribution in [0, 0.1) is 5.92 Å². The molecular formula is C13H18Cl4N2O2S. The van der Waals surface area contributed by atoms with E-state index in [4.69, 9.17) is 34.8 Å². The molecule has 0 bridgehead atoms. The molecule has 0 aromatic heterocycles. The van der Waals surface area contributed by atoms with Crippen LogP contribution in [-0.2, 0) is 10.0 Å². The average Bonchev–Trinajstić information content (AvgIpc) is 2.37. The van der Waals surface area contributed by atoms with Crippen LogP contribution in [0.1, 0.15) is 12.8 Å². The number of rotatable bonds is 4. The number of benzene rings is 1. The normalized spacial score (nSPS) is 19.7. The number of hydrogen-bond donors (Lipinski definition) is 1. The number of halogens is 4. The first-order valence-electron chi connectivity index (χ1n) is 6.65. The van der Waals surface area contributed by atoms with Gasteiger partial charge in [0.25, 0.3) is 0 Å². The van der Waals surface area contributed by atoms with Gasteiger partial charge in [0, 0.05) is 18.1 Å². The zero-order valence-electron chi connectivity index (χ0n) is 12.0. The molecule has 1 aromatic rings. The molecule has 1 aliphatic heterocycles. The molecule has 1 aromatic carbocycles. The monoisotopic (exact) mass is 406 g/mol. The molecule has 1 fully saturated rings. The number of hydrogen-bond acceptors (Lipinski definition) is 3. The van der Waals surface area contributed by atoms with Gasteiger partial charge < -0.3 is 5.32 Å². The zero-order chi connectivity index (χ0) is 15.6. The molecule has 9 heteroatoms. The Morgan fingerprint density at radius 2 is 1.86 bits per heavy atom. The summed E-state index contributed by atoms with van der Waals surface area (Å²) in [5.74, 6) is 0.295. The van der Waals surface area contributed by atoms with Gasteiger partial charge in [-0.3, -0.25) is 0 Å². The van der Waals surface area contributed by atoms with E-state index < -0.39 is 10.0 Å². The van der Waals surface area contributed by atoms with E-state index in [0.29, 0.717) is 24.0 Å². The van der Waals surface area contributed by atoms with E-state index in [0.717, 1.165) is 19.4 Å². The van der Waals surface area contributed by atoms with Gasteiger partial charge in [-0.15, -0.1) is 12.4 Å². The first-order valence-corrected chi connectivity index (χ1v) is 9.23. The summed E-state index contributed by atoms with van der Waals surface area (Å²) in [6.45, 7) is 1.74. The highest BCUT2D eigenvalue weighted by Gasteiger charge is 2.33. The quantitative estimate of drug-likeness (QED) is 0.827. The smallest absolute Gasteiger partial charge is 0.246 e. The van der Waals surface area contributed by atoms with Crippen molar-refractivity contribution in [1.82, 2.24) is 9.62 Å². The van der Waals surface area contributed by atoms with E-state index >= 15 is 0 Å². The SMILES string of the molecule is CNCC1CCCN(S(=O)(=O)c2c(Cl)cc(Cl)cc2Cl)C1.Cl. The highest BCUT2D eigenvalue weighted by molar-refractivity contribution is 7.89. The Morgan fingerprint density at radius 3 is 2.41 bits per heavy atom. The summed E-state index contributed by atoms with van der Waals surface area (Å²) in [6.07, 6.45) is 1.84. The first-order chi connectivity index (χ1) is 9.86. The molecule has 4 nitrogen and oxygen atoms in total. The molecule has 1 N–H and O–H groups in total. The van der Waals surface area contributed by atoms with Gasteiger partial charge in [-0.1, -0.05) is 34.8 Å². The van der Waals surface area contributed by atoms with Gasteiger partial charge in [-0.25, -0.2) is 8.42 Å². The lowest BCUT2D eigenvalue weighted by molar-refractivity contribution is 0.263. The van der Waals surface area contributed by atoms with E-state index in [2.05, 4.69) is 5.32 Å².